The van der Waals surface area contributed by atoms with Crippen molar-refractivity contribution in [1.29, 1.82) is 0 Å². The van der Waals surface area contributed by atoms with Gasteiger partial charge in [0.15, 0.2) is 0 Å². The molecule has 130 valence electrons. The van der Waals surface area contributed by atoms with E-state index < -0.39 is 0 Å². The van der Waals surface area contributed by atoms with Crippen LogP contribution < -0.4 is 9.47 Å². The molecule has 0 saturated heterocycles. The largest absolute Gasteiger partial charge is 0.494 e. The Morgan fingerprint density at radius 1 is 0.667 bits per heavy atom. The van der Waals surface area contributed by atoms with E-state index in [0.717, 1.165) is 59.3 Å². The van der Waals surface area contributed by atoms with Crippen LogP contribution in [-0.2, 0) is 0 Å². The van der Waals surface area contributed by atoms with Crippen LogP contribution in [0.15, 0.2) is 45.3 Å². The van der Waals surface area contributed by atoms with Crippen LogP contribution in [0.4, 0.5) is 0 Å². The Balaban J connectivity index is 1.53. The molecule has 0 radical (unpaired) electrons. The number of aryl methyl sites for hydroxylation is 2. The number of halogens is 2. The lowest BCUT2D eigenvalue weighted by Gasteiger charge is -2.09. The van der Waals surface area contributed by atoms with Crippen molar-refractivity contribution < 1.29 is 9.47 Å². The van der Waals surface area contributed by atoms with Crippen LogP contribution in [-0.4, -0.2) is 13.2 Å². The molecule has 24 heavy (non-hydrogen) atoms. The summed E-state index contributed by atoms with van der Waals surface area (Å²) in [5, 5.41) is 0. The molecule has 0 aliphatic heterocycles. The lowest BCUT2D eigenvalue weighted by atomic mass is 10.2. The second-order valence-electron chi connectivity index (χ2n) is 5.93. The van der Waals surface area contributed by atoms with Gasteiger partial charge in [0, 0.05) is 8.95 Å². The highest BCUT2D eigenvalue weighted by atomic mass is 79.9. The van der Waals surface area contributed by atoms with Crippen molar-refractivity contribution in [2.24, 2.45) is 0 Å². The van der Waals surface area contributed by atoms with E-state index in [1.165, 1.54) is 11.1 Å². The first-order chi connectivity index (χ1) is 11.6. The summed E-state index contributed by atoms with van der Waals surface area (Å²) in [5.41, 5.74) is 2.40. The molecule has 0 unspecified atom stereocenters. The van der Waals surface area contributed by atoms with Gasteiger partial charge in [0.25, 0.3) is 0 Å². The summed E-state index contributed by atoms with van der Waals surface area (Å²) in [6.45, 7) is 5.69. The second-order valence-corrected chi connectivity index (χ2v) is 7.64. The fourth-order valence-corrected chi connectivity index (χ4v) is 2.84. The average Bonchev–Trinajstić information content (AvgIpc) is 2.56. The minimum Gasteiger partial charge on any atom is -0.494 e. The van der Waals surface area contributed by atoms with Crippen LogP contribution in [0, 0.1) is 13.8 Å². The molecule has 2 rings (SSSR count). The third-order valence-corrected chi connectivity index (χ3v) is 5.61. The van der Waals surface area contributed by atoms with Crippen molar-refractivity contribution >= 4 is 31.9 Å². The third kappa shape index (κ3) is 6.48. The second kappa shape index (κ2) is 10.1. The number of rotatable bonds is 9. The van der Waals surface area contributed by atoms with Crippen molar-refractivity contribution in [2.75, 3.05) is 13.2 Å². The molecule has 0 aliphatic carbocycles. The van der Waals surface area contributed by atoms with Gasteiger partial charge in [0.2, 0.25) is 0 Å². The summed E-state index contributed by atoms with van der Waals surface area (Å²) >= 11 is 7.00. The predicted octanol–water partition coefficient (Wildman–Crippen LogP) is 6.85. The van der Waals surface area contributed by atoms with E-state index in [-0.39, 0.29) is 0 Å². The summed E-state index contributed by atoms with van der Waals surface area (Å²) in [6.07, 6.45) is 4.48. The maximum atomic E-state index is 5.79. The summed E-state index contributed by atoms with van der Waals surface area (Å²) in [6, 6.07) is 12.2. The molecule has 0 N–H and O–H groups in total. The molecule has 0 atom stereocenters. The van der Waals surface area contributed by atoms with Gasteiger partial charge in [-0.3, -0.25) is 0 Å². The van der Waals surface area contributed by atoms with Crippen molar-refractivity contribution in [3.63, 3.8) is 0 Å². The highest BCUT2D eigenvalue weighted by Gasteiger charge is 2.00. The van der Waals surface area contributed by atoms with Gasteiger partial charge < -0.3 is 9.47 Å². The van der Waals surface area contributed by atoms with Crippen LogP contribution in [0.25, 0.3) is 0 Å². The van der Waals surface area contributed by atoms with E-state index in [0.29, 0.717) is 0 Å². The predicted molar refractivity (Wildman–Crippen MR) is 107 cm³/mol. The third-order valence-electron chi connectivity index (χ3n) is 3.83. The molecule has 0 aliphatic rings. The molecule has 2 aromatic carbocycles. The van der Waals surface area contributed by atoms with Crippen LogP contribution in [0.1, 0.15) is 36.8 Å². The molecule has 0 spiro atoms. The molecular formula is C20H24Br2O2. The lowest BCUT2D eigenvalue weighted by molar-refractivity contribution is 0.287. The Morgan fingerprint density at radius 3 is 1.46 bits per heavy atom. The van der Waals surface area contributed by atoms with Gasteiger partial charge in [-0.15, -0.1) is 0 Å². The van der Waals surface area contributed by atoms with Crippen LogP contribution in [0.3, 0.4) is 0 Å². The topological polar surface area (TPSA) is 18.5 Å². The Hall–Kier alpha value is -1.00. The molecule has 0 fully saturated rings. The minimum atomic E-state index is 0.772. The molecular weight excluding hydrogens is 432 g/mol. The van der Waals surface area contributed by atoms with Crippen molar-refractivity contribution in [3.8, 4) is 11.5 Å². The molecule has 4 heteroatoms. The first kappa shape index (κ1) is 19.3. The molecule has 0 aromatic heterocycles. The standard InChI is InChI=1S/C20H24Br2O2/c1-15-13-17(7-9-19(15)21)23-11-5-3-4-6-12-24-18-8-10-20(22)16(2)14-18/h7-10,13-14H,3-6,11-12H2,1-2H3. The number of benzene rings is 2. The highest BCUT2D eigenvalue weighted by molar-refractivity contribution is 9.10. The van der Waals surface area contributed by atoms with Gasteiger partial charge in [-0.1, -0.05) is 31.9 Å². The first-order valence-corrected chi connectivity index (χ1v) is 9.93. The van der Waals surface area contributed by atoms with Crippen molar-refractivity contribution in [1.82, 2.24) is 0 Å². The van der Waals surface area contributed by atoms with Gasteiger partial charge in [-0.05, 0) is 87.1 Å². The van der Waals surface area contributed by atoms with E-state index >= 15 is 0 Å². The van der Waals surface area contributed by atoms with E-state index in [9.17, 15) is 0 Å². The van der Waals surface area contributed by atoms with E-state index in [1.54, 1.807) is 0 Å². The minimum absolute atomic E-state index is 0.772. The SMILES string of the molecule is Cc1cc(OCCCCCCOc2ccc(Br)c(C)c2)ccc1Br. The van der Waals surface area contributed by atoms with E-state index in [4.69, 9.17) is 9.47 Å². The molecule has 0 saturated carbocycles. The Morgan fingerprint density at radius 2 is 1.08 bits per heavy atom. The molecule has 2 aromatic rings. The maximum Gasteiger partial charge on any atom is 0.119 e. The maximum absolute atomic E-state index is 5.79. The van der Waals surface area contributed by atoms with Gasteiger partial charge in [0.1, 0.15) is 11.5 Å². The molecule has 0 bridgehead atoms. The molecule has 2 nitrogen and oxygen atoms in total. The summed E-state index contributed by atoms with van der Waals surface area (Å²) in [7, 11) is 0. The fourth-order valence-electron chi connectivity index (χ4n) is 2.35. The van der Waals surface area contributed by atoms with Gasteiger partial charge >= 0.3 is 0 Å². The van der Waals surface area contributed by atoms with E-state index in [2.05, 4.69) is 57.8 Å². The summed E-state index contributed by atoms with van der Waals surface area (Å²) in [5.74, 6) is 1.90. The van der Waals surface area contributed by atoms with Crippen LogP contribution in [0.2, 0.25) is 0 Å². The first-order valence-electron chi connectivity index (χ1n) is 8.34. The van der Waals surface area contributed by atoms with Crippen LogP contribution >= 0.6 is 31.9 Å². The monoisotopic (exact) mass is 454 g/mol. The van der Waals surface area contributed by atoms with Gasteiger partial charge in [0.05, 0.1) is 13.2 Å². The Labute approximate surface area is 161 Å². The zero-order chi connectivity index (χ0) is 17.4. The zero-order valence-electron chi connectivity index (χ0n) is 14.3. The smallest absolute Gasteiger partial charge is 0.119 e. The van der Waals surface area contributed by atoms with Crippen LogP contribution in [0.5, 0.6) is 11.5 Å². The molecule has 0 amide bonds. The van der Waals surface area contributed by atoms with Gasteiger partial charge in [-0.25, -0.2) is 0 Å². The van der Waals surface area contributed by atoms with E-state index in [1.807, 2.05) is 24.3 Å². The van der Waals surface area contributed by atoms with Gasteiger partial charge in [-0.2, -0.15) is 0 Å². The number of unbranched alkanes of at least 4 members (excludes halogenated alkanes) is 3. The highest BCUT2D eigenvalue weighted by Crippen LogP contribution is 2.22. The van der Waals surface area contributed by atoms with Crippen molar-refractivity contribution in [3.05, 3.63) is 56.5 Å². The lowest BCUT2D eigenvalue weighted by Crippen LogP contribution is -2.00. The Kier molecular flexibility index (Phi) is 8.13. The number of hydrogen-bond acceptors (Lipinski definition) is 2. The Bertz CT molecular complexity index is 599. The fraction of sp³-hybridized carbons (Fsp3) is 0.400. The summed E-state index contributed by atoms with van der Waals surface area (Å²) in [4.78, 5) is 0. The molecule has 0 heterocycles. The zero-order valence-corrected chi connectivity index (χ0v) is 17.5. The average molecular weight is 456 g/mol. The van der Waals surface area contributed by atoms with Crippen molar-refractivity contribution in [2.45, 2.75) is 39.5 Å². The number of hydrogen-bond donors (Lipinski definition) is 0. The summed E-state index contributed by atoms with van der Waals surface area (Å²) < 4.78 is 13.8. The number of ether oxygens (including phenoxy) is 2. The normalized spacial score (nSPS) is 10.7. The quantitative estimate of drug-likeness (QED) is 0.385.